The molecule has 1 heterocycles. The first-order valence-corrected chi connectivity index (χ1v) is 9.00. The Morgan fingerprint density at radius 2 is 1.89 bits per heavy atom. The van der Waals surface area contributed by atoms with Gasteiger partial charge in [-0.2, -0.15) is 0 Å². The number of benzene rings is 2. The SMILES string of the molecule is CCOC(=O)C(=O)C[C@H](c1ccccc1)c1c(O)c2cc(Cl)ccc2oc1=O. The monoisotopic (exact) mass is 400 g/mol. The molecule has 0 aliphatic rings. The van der Waals surface area contributed by atoms with Crippen molar-refractivity contribution >= 4 is 34.3 Å². The minimum absolute atomic E-state index is 0.0580. The number of ketones is 1. The van der Waals surface area contributed by atoms with Gasteiger partial charge in [-0.05, 0) is 30.7 Å². The zero-order chi connectivity index (χ0) is 20.3. The summed E-state index contributed by atoms with van der Waals surface area (Å²) in [6.07, 6.45) is -0.354. The standard InChI is InChI=1S/C21H17ClO6/c1-2-27-20(25)16(23)11-14(12-6-4-3-5-7-12)18-19(24)15-10-13(22)8-9-17(15)28-21(18)26/h3-10,14,24H,2,11H2,1H3/t14-/m1/s1. The highest BCUT2D eigenvalue weighted by Crippen LogP contribution is 2.37. The number of ether oxygens (including phenoxy) is 1. The number of carbonyl (C=O) groups is 2. The number of hydrogen-bond donors (Lipinski definition) is 1. The van der Waals surface area contributed by atoms with E-state index in [9.17, 15) is 19.5 Å². The molecule has 1 aromatic heterocycles. The summed E-state index contributed by atoms with van der Waals surface area (Å²) in [5.41, 5.74) is -0.167. The third-order valence-corrected chi connectivity index (χ3v) is 4.55. The predicted octanol–water partition coefficient (Wildman–Crippen LogP) is 3.81. The van der Waals surface area contributed by atoms with Crippen LogP contribution in [0.4, 0.5) is 0 Å². The molecule has 0 saturated heterocycles. The van der Waals surface area contributed by atoms with E-state index in [2.05, 4.69) is 0 Å². The fraction of sp³-hybridized carbons (Fsp3) is 0.190. The first kappa shape index (κ1) is 19.6. The minimum Gasteiger partial charge on any atom is -0.507 e. The van der Waals surface area contributed by atoms with Crippen molar-refractivity contribution < 1.29 is 23.8 Å². The van der Waals surface area contributed by atoms with E-state index in [1.165, 1.54) is 18.2 Å². The van der Waals surface area contributed by atoms with Gasteiger partial charge in [-0.15, -0.1) is 0 Å². The van der Waals surface area contributed by atoms with Gasteiger partial charge in [0.15, 0.2) is 0 Å². The first-order chi connectivity index (χ1) is 13.4. The van der Waals surface area contributed by atoms with E-state index in [4.69, 9.17) is 20.8 Å². The van der Waals surface area contributed by atoms with Crippen LogP contribution in [-0.2, 0) is 14.3 Å². The van der Waals surface area contributed by atoms with Gasteiger partial charge >= 0.3 is 11.6 Å². The number of esters is 1. The molecule has 1 N–H and O–H groups in total. The molecule has 6 nitrogen and oxygen atoms in total. The molecule has 0 unspecified atom stereocenters. The summed E-state index contributed by atoms with van der Waals surface area (Å²) < 4.78 is 10.1. The number of fused-ring (bicyclic) bond motifs is 1. The Hall–Kier alpha value is -3.12. The van der Waals surface area contributed by atoms with Crippen LogP contribution in [0.15, 0.2) is 57.7 Å². The van der Waals surface area contributed by atoms with E-state index in [0.29, 0.717) is 10.6 Å². The Morgan fingerprint density at radius 1 is 1.18 bits per heavy atom. The topological polar surface area (TPSA) is 93.8 Å². The van der Waals surface area contributed by atoms with Crippen molar-refractivity contribution in [3.8, 4) is 5.75 Å². The largest absolute Gasteiger partial charge is 0.507 e. The molecule has 0 radical (unpaired) electrons. The van der Waals surface area contributed by atoms with Crippen molar-refractivity contribution in [3.05, 3.63) is 75.1 Å². The number of halogens is 1. The van der Waals surface area contributed by atoms with E-state index in [1.807, 2.05) is 0 Å². The quantitative estimate of drug-likeness (QED) is 0.384. The number of hydrogen-bond acceptors (Lipinski definition) is 6. The normalized spacial score (nSPS) is 11.9. The van der Waals surface area contributed by atoms with Crippen LogP contribution in [0.5, 0.6) is 5.75 Å². The average Bonchev–Trinajstić information content (AvgIpc) is 2.68. The van der Waals surface area contributed by atoms with Gasteiger partial charge in [-0.25, -0.2) is 9.59 Å². The van der Waals surface area contributed by atoms with Gasteiger partial charge in [0, 0.05) is 17.4 Å². The minimum atomic E-state index is -0.990. The average molecular weight is 401 g/mol. The lowest BCUT2D eigenvalue weighted by Crippen LogP contribution is -2.23. The highest BCUT2D eigenvalue weighted by Gasteiger charge is 2.29. The highest BCUT2D eigenvalue weighted by molar-refractivity contribution is 6.33. The molecule has 0 aliphatic heterocycles. The fourth-order valence-corrected chi connectivity index (χ4v) is 3.20. The lowest BCUT2D eigenvalue weighted by atomic mass is 9.87. The molecule has 0 spiro atoms. The van der Waals surface area contributed by atoms with Crippen molar-refractivity contribution in [1.29, 1.82) is 0 Å². The summed E-state index contributed by atoms with van der Waals surface area (Å²) in [5, 5.41) is 11.4. The molecule has 7 heteroatoms. The van der Waals surface area contributed by atoms with E-state index < -0.39 is 23.3 Å². The van der Waals surface area contributed by atoms with Crippen molar-refractivity contribution in [2.75, 3.05) is 6.61 Å². The summed E-state index contributed by atoms with van der Waals surface area (Å²) in [6, 6.07) is 13.1. The maximum Gasteiger partial charge on any atom is 0.374 e. The maximum atomic E-state index is 12.6. The van der Waals surface area contributed by atoms with Crippen LogP contribution in [0.25, 0.3) is 11.0 Å². The highest BCUT2D eigenvalue weighted by atomic mass is 35.5. The number of aromatic hydroxyl groups is 1. The fourth-order valence-electron chi connectivity index (χ4n) is 3.03. The molecule has 0 bridgehead atoms. The Bertz CT molecular complexity index is 1090. The first-order valence-electron chi connectivity index (χ1n) is 8.62. The van der Waals surface area contributed by atoms with Crippen LogP contribution < -0.4 is 5.63 Å². The molecule has 3 aromatic rings. The second-order valence-corrected chi connectivity index (χ2v) is 6.54. The molecular weight excluding hydrogens is 384 g/mol. The Labute approximate surface area is 165 Å². The van der Waals surface area contributed by atoms with Gasteiger partial charge < -0.3 is 14.3 Å². The van der Waals surface area contributed by atoms with Gasteiger partial charge in [-0.1, -0.05) is 41.9 Å². The van der Waals surface area contributed by atoms with Crippen molar-refractivity contribution in [2.24, 2.45) is 0 Å². The number of Topliss-reactive ketones (excluding diaryl/α,β-unsaturated/α-hetero) is 1. The predicted molar refractivity (Wildman–Crippen MR) is 104 cm³/mol. The summed E-state index contributed by atoms with van der Waals surface area (Å²) >= 11 is 5.99. The number of carbonyl (C=O) groups excluding carboxylic acids is 2. The van der Waals surface area contributed by atoms with Crippen molar-refractivity contribution in [1.82, 2.24) is 0 Å². The van der Waals surface area contributed by atoms with E-state index >= 15 is 0 Å². The Morgan fingerprint density at radius 3 is 2.57 bits per heavy atom. The van der Waals surface area contributed by atoms with Crippen LogP contribution in [0.1, 0.15) is 30.4 Å². The zero-order valence-electron chi connectivity index (χ0n) is 15.0. The van der Waals surface area contributed by atoms with Crippen molar-refractivity contribution in [2.45, 2.75) is 19.3 Å². The van der Waals surface area contributed by atoms with E-state index in [1.54, 1.807) is 37.3 Å². The molecule has 28 heavy (non-hydrogen) atoms. The van der Waals surface area contributed by atoms with Crippen LogP contribution in [0.2, 0.25) is 5.02 Å². The third-order valence-electron chi connectivity index (χ3n) is 4.32. The molecule has 0 aliphatic carbocycles. The second-order valence-electron chi connectivity index (χ2n) is 6.10. The lowest BCUT2D eigenvalue weighted by Gasteiger charge is -2.17. The summed E-state index contributed by atoms with van der Waals surface area (Å²) in [4.78, 5) is 36.8. The molecule has 3 rings (SSSR count). The van der Waals surface area contributed by atoms with Crippen LogP contribution in [0.3, 0.4) is 0 Å². The van der Waals surface area contributed by atoms with E-state index in [-0.39, 0.29) is 35.3 Å². The Balaban J connectivity index is 2.17. The Kier molecular flexibility index (Phi) is 5.80. The molecule has 2 aromatic carbocycles. The molecule has 0 saturated carbocycles. The summed E-state index contributed by atoms with van der Waals surface area (Å²) in [6.45, 7) is 1.65. The van der Waals surface area contributed by atoms with Gasteiger partial charge in [0.2, 0.25) is 5.78 Å². The van der Waals surface area contributed by atoms with E-state index in [0.717, 1.165) is 0 Å². The van der Waals surface area contributed by atoms with Crippen LogP contribution >= 0.6 is 11.6 Å². The second kappa shape index (κ2) is 8.27. The van der Waals surface area contributed by atoms with Gasteiger partial charge in [0.1, 0.15) is 11.3 Å². The number of rotatable bonds is 6. The van der Waals surface area contributed by atoms with Crippen LogP contribution in [0, 0.1) is 0 Å². The maximum absolute atomic E-state index is 12.6. The molecule has 144 valence electrons. The zero-order valence-corrected chi connectivity index (χ0v) is 15.7. The van der Waals surface area contributed by atoms with Crippen LogP contribution in [-0.4, -0.2) is 23.5 Å². The lowest BCUT2D eigenvalue weighted by molar-refractivity contribution is -0.153. The summed E-state index contributed by atoms with van der Waals surface area (Å²) in [5.74, 6) is -3.02. The molecular formula is C21H17ClO6. The molecule has 1 atom stereocenters. The third kappa shape index (κ3) is 3.92. The van der Waals surface area contributed by atoms with Gasteiger partial charge in [-0.3, -0.25) is 4.79 Å². The molecule has 0 fully saturated rings. The summed E-state index contributed by atoms with van der Waals surface area (Å²) in [7, 11) is 0. The smallest absolute Gasteiger partial charge is 0.374 e. The van der Waals surface area contributed by atoms with Crippen molar-refractivity contribution in [3.63, 3.8) is 0 Å². The van der Waals surface area contributed by atoms with Gasteiger partial charge in [0.25, 0.3) is 0 Å². The molecule has 0 amide bonds. The van der Waals surface area contributed by atoms with Gasteiger partial charge in [0.05, 0.1) is 17.6 Å².